The van der Waals surface area contributed by atoms with Gasteiger partial charge in [0.2, 0.25) is 0 Å². The summed E-state index contributed by atoms with van der Waals surface area (Å²) < 4.78 is 10.7. The average molecular weight is 457 g/mol. The Bertz CT molecular complexity index is 1040. The number of anilines is 2. The lowest BCUT2D eigenvalue weighted by atomic mass is 10.2. The molecule has 0 saturated heterocycles. The van der Waals surface area contributed by atoms with Gasteiger partial charge >= 0.3 is 5.97 Å². The van der Waals surface area contributed by atoms with Gasteiger partial charge in [0.25, 0.3) is 11.8 Å². The van der Waals surface area contributed by atoms with Gasteiger partial charge in [0.15, 0.2) is 17.0 Å². The number of nitrogens with one attached hydrogen (secondary N) is 2. The maximum absolute atomic E-state index is 12.2. The van der Waals surface area contributed by atoms with E-state index in [1.165, 1.54) is 18.2 Å². The average Bonchev–Trinajstić information content (AvgIpc) is 3.15. The van der Waals surface area contributed by atoms with Gasteiger partial charge in [-0.1, -0.05) is 23.8 Å². The molecular formula is C21H17BrN2O5. The molecule has 2 amide bonds. The van der Waals surface area contributed by atoms with Gasteiger partial charge in [-0.15, -0.1) is 0 Å². The van der Waals surface area contributed by atoms with E-state index in [2.05, 4.69) is 26.6 Å². The Labute approximate surface area is 175 Å². The summed E-state index contributed by atoms with van der Waals surface area (Å²) in [4.78, 5) is 36.3. The second kappa shape index (κ2) is 9.20. The second-order valence-electron chi connectivity index (χ2n) is 6.13. The molecule has 7 nitrogen and oxygen atoms in total. The van der Waals surface area contributed by atoms with E-state index >= 15 is 0 Å². The molecule has 0 aliphatic carbocycles. The van der Waals surface area contributed by atoms with Crippen LogP contribution in [0.5, 0.6) is 0 Å². The molecule has 0 unspecified atom stereocenters. The fraction of sp³-hybridized carbons (Fsp3) is 0.0952. The number of hydrogen-bond donors (Lipinski definition) is 2. The van der Waals surface area contributed by atoms with Crippen molar-refractivity contribution in [2.24, 2.45) is 0 Å². The van der Waals surface area contributed by atoms with E-state index in [9.17, 15) is 14.4 Å². The molecular weight excluding hydrogens is 440 g/mol. The number of carbonyl (C=O) groups excluding carboxylic acids is 3. The Morgan fingerprint density at radius 2 is 1.72 bits per heavy atom. The zero-order valence-electron chi connectivity index (χ0n) is 15.4. The summed E-state index contributed by atoms with van der Waals surface area (Å²) in [6.07, 6.45) is 0. The lowest BCUT2D eigenvalue weighted by Gasteiger charge is -2.08. The number of esters is 1. The second-order valence-corrected chi connectivity index (χ2v) is 6.91. The van der Waals surface area contributed by atoms with Crippen molar-refractivity contribution in [2.75, 3.05) is 17.2 Å². The smallest absolute Gasteiger partial charge is 0.338 e. The molecule has 0 aliphatic heterocycles. The summed E-state index contributed by atoms with van der Waals surface area (Å²) in [7, 11) is 0. The molecule has 3 rings (SSSR count). The molecule has 0 saturated carbocycles. The normalized spacial score (nSPS) is 10.3. The van der Waals surface area contributed by atoms with Gasteiger partial charge in [-0.2, -0.15) is 0 Å². The standard InChI is InChI=1S/C21H17BrN2O5/c1-13-5-7-15(8-6-13)23-19(25)12-28-21(27)14-3-2-4-16(11-14)24-20(26)17-9-10-18(22)29-17/h2-11H,12H2,1H3,(H,23,25)(H,24,26). The Morgan fingerprint density at radius 1 is 0.966 bits per heavy atom. The number of amides is 2. The van der Waals surface area contributed by atoms with Crippen LogP contribution in [0, 0.1) is 6.92 Å². The van der Waals surface area contributed by atoms with Crippen molar-refractivity contribution in [3.63, 3.8) is 0 Å². The van der Waals surface area contributed by atoms with Gasteiger partial charge < -0.3 is 19.8 Å². The van der Waals surface area contributed by atoms with E-state index in [1.54, 1.807) is 30.3 Å². The topological polar surface area (TPSA) is 97.6 Å². The van der Waals surface area contributed by atoms with Crippen LogP contribution < -0.4 is 10.6 Å². The highest BCUT2D eigenvalue weighted by atomic mass is 79.9. The van der Waals surface area contributed by atoms with Crippen LogP contribution >= 0.6 is 15.9 Å². The molecule has 2 N–H and O–H groups in total. The van der Waals surface area contributed by atoms with Crippen LogP contribution in [0.25, 0.3) is 0 Å². The number of ether oxygens (including phenoxy) is 1. The number of hydrogen-bond acceptors (Lipinski definition) is 5. The molecule has 1 heterocycles. The number of furan rings is 1. The molecule has 0 atom stereocenters. The minimum Gasteiger partial charge on any atom is -0.452 e. The maximum Gasteiger partial charge on any atom is 0.338 e. The molecule has 29 heavy (non-hydrogen) atoms. The predicted molar refractivity (Wildman–Crippen MR) is 111 cm³/mol. The zero-order valence-corrected chi connectivity index (χ0v) is 17.0. The highest BCUT2D eigenvalue weighted by Gasteiger charge is 2.14. The minimum absolute atomic E-state index is 0.123. The predicted octanol–water partition coefficient (Wildman–Crippen LogP) is 4.40. The summed E-state index contributed by atoms with van der Waals surface area (Å²) >= 11 is 3.13. The van der Waals surface area contributed by atoms with Crippen molar-refractivity contribution in [2.45, 2.75) is 6.92 Å². The first kappa shape index (κ1) is 20.3. The van der Waals surface area contributed by atoms with Crippen LogP contribution in [-0.2, 0) is 9.53 Å². The monoisotopic (exact) mass is 456 g/mol. The number of benzene rings is 2. The Kier molecular flexibility index (Phi) is 6.46. The minimum atomic E-state index is -0.680. The molecule has 0 aliphatic rings. The third kappa shape index (κ3) is 5.79. The van der Waals surface area contributed by atoms with Gasteiger partial charge in [-0.25, -0.2) is 4.79 Å². The van der Waals surface area contributed by atoms with Crippen LogP contribution in [0.2, 0.25) is 0 Å². The van der Waals surface area contributed by atoms with Crippen LogP contribution in [0.1, 0.15) is 26.5 Å². The highest BCUT2D eigenvalue weighted by Crippen LogP contribution is 2.17. The van der Waals surface area contributed by atoms with Crippen molar-refractivity contribution in [3.05, 3.63) is 82.2 Å². The number of halogens is 1. The van der Waals surface area contributed by atoms with Crippen molar-refractivity contribution < 1.29 is 23.5 Å². The Balaban J connectivity index is 1.55. The van der Waals surface area contributed by atoms with Gasteiger partial charge in [0.1, 0.15) is 0 Å². The van der Waals surface area contributed by atoms with Crippen molar-refractivity contribution in [1.29, 1.82) is 0 Å². The molecule has 8 heteroatoms. The lowest BCUT2D eigenvalue weighted by molar-refractivity contribution is -0.119. The molecule has 3 aromatic rings. The Morgan fingerprint density at radius 3 is 2.41 bits per heavy atom. The molecule has 1 aromatic heterocycles. The van der Waals surface area contributed by atoms with E-state index in [4.69, 9.17) is 9.15 Å². The van der Waals surface area contributed by atoms with Crippen LogP contribution in [0.15, 0.2) is 69.8 Å². The summed E-state index contributed by atoms with van der Waals surface area (Å²) in [5.41, 5.74) is 2.28. The molecule has 0 fully saturated rings. The quantitative estimate of drug-likeness (QED) is 0.535. The first-order valence-electron chi connectivity index (χ1n) is 8.61. The van der Waals surface area contributed by atoms with Crippen LogP contribution in [0.4, 0.5) is 11.4 Å². The first-order valence-corrected chi connectivity index (χ1v) is 9.40. The van der Waals surface area contributed by atoms with Gasteiger partial charge in [-0.3, -0.25) is 9.59 Å². The Hall–Kier alpha value is -3.39. The maximum atomic E-state index is 12.2. The zero-order chi connectivity index (χ0) is 20.8. The molecule has 0 spiro atoms. The van der Waals surface area contributed by atoms with E-state index < -0.39 is 24.4 Å². The molecule has 0 bridgehead atoms. The number of carbonyl (C=O) groups is 3. The van der Waals surface area contributed by atoms with Gasteiger partial charge in [-0.05, 0) is 65.3 Å². The van der Waals surface area contributed by atoms with Gasteiger partial charge in [0.05, 0.1) is 5.56 Å². The third-order valence-corrected chi connectivity index (χ3v) is 4.25. The fourth-order valence-corrected chi connectivity index (χ4v) is 2.71. The molecule has 2 aromatic carbocycles. The summed E-state index contributed by atoms with van der Waals surface area (Å²) in [6.45, 7) is 1.52. The summed E-state index contributed by atoms with van der Waals surface area (Å²) in [5.74, 6) is -1.47. The molecule has 0 radical (unpaired) electrons. The molecule has 148 valence electrons. The van der Waals surface area contributed by atoms with E-state index in [0.717, 1.165) is 5.56 Å². The number of rotatable bonds is 6. The largest absolute Gasteiger partial charge is 0.452 e. The van der Waals surface area contributed by atoms with Crippen LogP contribution in [0.3, 0.4) is 0 Å². The van der Waals surface area contributed by atoms with E-state index in [-0.39, 0.29) is 11.3 Å². The SMILES string of the molecule is Cc1ccc(NC(=O)COC(=O)c2cccc(NC(=O)c3ccc(Br)o3)c2)cc1. The lowest BCUT2D eigenvalue weighted by Crippen LogP contribution is -2.21. The van der Waals surface area contributed by atoms with Crippen LogP contribution in [-0.4, -0.2) is 24.4 Å². The van der Waals surface area contributed by atoms with Crippen molar-refractivity contribution in [3.8, 4) is 0 Å². The first-order chi connectivity index (χ1) is 13.9. The number of aryl methyl sites for hydroxylation is 1. The van der Waals surface area contributed by atoms with E-state index in [1.807, 2.05) is 19.1 Å². The van der Waals surface area contributed by atoms with Crippen molar-refractivity contribution >= 4 is 45.1 Å². The van der Waals surface area contributed by atoms with Gasteiger partial charge in [0, 0.05) is 11.4 Å². The van der Waals surface area contributed by atoms with Crippen molar-refractivity contribution in [1.82, 2.24) is 0 Å². The highest BCUT2D eigenvalue weighted by molar-refractivity contribution is 9.10. The third-order valence-electron chi connectivity index (χ3n) is 3.82. The summed E-state index contributed by atoms with van der Waals surface area (Å²) in [5, 5.41) is 5.27. The van der Waals surface area contributed by atoms with E-state index in [0.29, 0.717) is 16.0 Å². The summed E-state index contributed by atoms with van der Waals surface area (Å²) in [6, 6.07) is 16.6. The fourth-order valence-electron chi connectivity index (χ4n) is 2.40.